The molecule has 0 aliphatic carbocycles. The number of ether oxygens (including phenoxy) is 1. The molecule has 3 atom stereocenters. The smallest absolute Gasteiger partial charge is 0.237 e. The maximum atomic E-state index is 12.3. The van der Waals surface area contributed by atoms with E-state index in [0.717, 1.165) is 12.1 Å². The molecule has 2 aliphatic rings. The molecule has 2 saturated heterocycles. The summed E-state index contributed by atoms with van der Waals surface area (Å²) >= 11 is 5.33. The van der Waals surface area contributed by atoms with E-state index in [1.807, 2.05) is 30.3 Å². The molecule has 0 unspecified atom stereocenters. The molecule has 2 amide bonds. The van der Waals surface area contributed by atoms with E-state index in [2.05, 4.69) is 26.2 Å². The maximum absolute atomic E-state index is 12.3. The molecule has 4 N–H and O–H groups in total. The topological polar surface area (TPSA) is 94.7 Å². The second-order valence-corrected chi connectivity index (χ2v) is 8.15. The molecule has 0 saturated carbocycles. The first-order valence-electron chi connectivity index (χ1n) is 10.4. The summed E-state index contributed by atoms with van der Waals surface area (Å²) in [6.45, 7) is 3.07. The molecule has 0 aromatic heterocycles. The van der Waals surface area contributed by atoms with Crippen LogP contribution < -0.4 is 21.3 Å². The van der Waals surface area contributed by atoms with Crippen LogP contribution in [0.25, 0.3) is 0 Å². The van der Waals surface area contributed by atoms with E-state index in [9.17, 15) is 9.59 Å². The molecular formula is C21H31N5O3S. The van der Waals surface area contributed by atoms with Gasteiger partial charge in [0.15, 0.2) is 5.11 Å². The minimum Gasteiger partial charge on any atom is -0.383 e. The summed E-state index contributed by atoms with van der Waals surface area (Å²) in [5, 5.41) is 13.0. The largest absolute Gasteiger partial charge is 0.383 e. The highest BCUT2D eigenvalue weighted by Crippen LogP contribution is 2.25. The van der Waals surface area contributed by atoms with Gasteiger partial charge < -0.3 is 26.0 Å². The van der Waals surface area contributed by atoms with Gasteiger partial charge in [-0.2, -0.15) is 0 Å². The number of rotatable bonds is 9. The molecular weight excluding hydrogens is 402 g/mol. The molecule has 2 heterocycles. The van der Waals surface area contributed by atoms with Crippen molar-refractivity contribution in [3.63, 3.8) is 0 Å². The Labute approximate surface area is 183 Å². The third-order valence-electron chi connectivity index (χ3n) is 5.59. The van der Waals surface area contributed by atoms with Crippen molar-refractivity contribution < 1.29 is 14.3 Å². The number of nitrogens with one attached hydrogen (secondary N) is 4. The Hall–Kier alpha value is -2.23. The van der Waals surface area contributed by atoms with Crippen LogP contribution in [0.15, 0.2) is 30.3 Å². The monoisotopic (exact) mass is 433 g/mol. The Bertz CT molecular complexity index is 733. The van der Waals surface area contributed by atoms with Gasteiger partial charge in [0.25, 0.3) is 0 Å². The van der Waals surface area contributed by atoms with Gasteiger partial charge in [0, 0.05) is 51.8 Å². The van der Waals surface area contributed by atoms with Crippen LogP contribution in [0.2, 0.25) is 0 Å². The quantitative estimate of drug-likeness (QED) is 0.325. The van der Waals surface area contributed by atoms with Crippen molar-refractivity contribution >= 4 is 29.1 Å². The van der Waals surface area contributed by atoms with Crippen molar-refractivity contribution in [1.82, 2.24) is 26.2 Å². The van der Waals surface area contributed by atoms with E-state index in [-0.39, 0.29) is 29.9 Å². The predicted molar refractivity (Wildman–Crippen MR) is 119 cm³/mol. The number of hydrogen-bond donors (Lipinski definition) is 4. The van der Waals surface area contributed by atoms with E-state index >= 15 is 0 Å². The third-order valence-corrected chi connectivity index (χ3v) is 5.85. The highest BCUT2D eigenvalue weighted by molar-refractivity contribution is 7.80. The van der Waals surface area contributed by atoms with E-state index < -0.39 is 0 Å². The fourth-order valence-corrected chi connectivity index (χ4v) is 4.30. The van der Waals surface area contributed by atoms with E-state index in [0.29, 0.717) is 50.6 Å². The van der Waals surface area contributed by atoms with Gasteiger partial charge in [-0.05, 0) is 30.6 Å². The number of piperazine rings is 1. The zero-order chi connectivity index (χ0) is 21.3. The molecule has 3 rings (SSSR count). The van der Waals surface area contributed by atoms with Crippen LogP contribution in [0, 0.1) is 0 Å². The van der Waals surface area contributed by atoms with Gasteiger partial charge in [0.1, 0.15) is 0 Å². The number of fused-ring (bicyclic) bond motifs is 1. The molecule has 0 spiro atoms. The first-order chi connectivity index (χ1) is 14.6. The zero-order valence-electron chi connectivity index (χ0n) is 17.4. The molecule has 1 aromatic rings. The normalized spacial score (nSPS) is 23.4. The van der Waals surface area contributed by atoms with E-state index in [4.69, 9.17) is 17.0 Å². The summed E-state index contributed by atoms with van der Waals surface area (Å²) in [4.78, 5) is 26.8. The number of carbonyl (C=O) groups is 2. The van der Waals surface area contributed by atoms with Gasteiger partial charge >= 0.3 is 0 Å². The number of nitrogens with zero attached hydrogens (tertiary/aromatic N) is 1. The lowest BCUT2D eigenvalue weighted by Gasteiger charge is -2.37. The molecule has 2 fully saturated rings. The summed E-state index contributed by atoms with van der Waals surface area (Å²) in [5.74, 6) is 0.0898. The van der Waals surface area contributed by atoms with Gasteiger partial charge in [-0.3, -0.25) is 14.5 Å². The number of benzene rings is 1. The van der Waals surface area contributed by atoms with Crippen molar-refractivity contribution in [3.05, 3.63) is 35.9 Å². The van der Waals surface area contributed by atoms with Crippen molar-refractivity contribution in [2.75, 3.05) is 33.4 Å². The Morgan fingerprint density at radius 1 is 1.30 bits per heavy atom. The minimum atomic E-state index is -0.171. The fraction of sp³-hybridized carbons (Fsp3) is 0.571. The first-order valence-corrected chi connectivity index (χ1v) is 10.8. The number of thiocarbonyl (C=S) groups is 1. The third kappa shape index (κ3) is 6.38. The number of hydrogen-bond acceptors (Lipinski definition) is 5. The van der Waals surface area contributed by atoms with Crippen LogP contribution in [-0.4, -0.2) is 73.3 Å². The molecule has 164 valence electrons. The average Bonchev–Trinajstić information content (AvgIpc) is 3.17. The van der Waals surface area contributed by atoms with Crippen LogP contribution in [0.5, 0.6) is 0 Å². The number of methoxy groups -OCH3 is 1. The van der Waals surface area contributed by atoms with E-state index in [1.165, 1.54) is 0 Å². The molecule has 0 radical (unpaired) electrons. The van der Waals surface area contributed by atoms with Crippen molar-refractivity contribution in [1.29, 1.82) is 0 Å². The summed E-state index contributed by atoms with van der Waals surface area (Å²) in [7, 11) is 1.65. The van der Waals surface area contributed by atoms with Crippen LogP contribution >= 0.6 is 12.2 Å². The highest BCUT2D eigenvalue weighted by Gasteiger charge is 2.43. The minimum absolute atomic E-state index is 0.0321. The molecule has 9 heteroatoms. The van der Waals surface area contributed by atoms with Crippen LogP contribution in [0.3, 0.4) is 0 Å². The lowest BCUT2D eigenvalue weighted by Crippen LogP contribution is -2.58. The maximum Gasteiger partial charge on any atom is 0.237 e. The Kier molecular flexibility index (Phi) is 8.41. The second-order valence-electron chi connectivity index (χ2n) is 7.74. The van der Waals surface area contributed by atoms with Crippen molar-refractivity contribution in [2.24, 2.45) is 0 Å². The SMILES string of the molecule is COCCNC(=S)N[C@H]1C[C@H]2C(=O)NC[C@@H](CCC(=O)NCc3ccccc3)N2C1. The van der Waals surface area contributed by atoms with Gasteiger partial charge in [0.05, 0.1) is 12.6 Å². The van der Waals surface area contributed by atoms with Gasteiger partial charge in [-0.15, -0.1) is 0 Å². The summed E-state index contributed by atoms with van der Waals surface area (Å²) in [5.41, 5.74) is 1.08. The lowest BCUT2D eigenvalue weighted by atomic mass is 10.0. The molecule has 30 heavy (non-hydrogen) atoms. The Balaban J connectivity index is 1.45. The Morgan fingerprint density at radius 2 is 2.10 bits per heavy atom. The van der Waals surface area contributed by atoms with Gasteiger partial charge in [-0.1, -0.05) is 30.3 Å². The molecule has 8 nitrogen and oxygen atoms in total. The standard InChI is InChI=1S/C21H31N5O3S/c1-29-10-9-22-21(30)25-16-11-18-20(28)24-13-17(26(18)14-16)7-8-19(27)23-12-15-5-3-2-4-6-15/h2-6,16-18H,7-14H2,1H3,(H,23,27)(H,24,28)(H2,22,25,30)/t16-,17+,18-/m0/s1. The second kappa shape index (κ2) is 11.2. The first kappa shape index (κ1) is 22.5. The summed E-state index contributed by atoms with van der Waals surface area (Å²) < 4.78 is 5.01. The summed E-state index contributed by atoms with van der Waals surface area (Å²) in [6, 6.07) is 9.95. The average molecular weight is 434 g/mol. The zero-order valence-corrected chi connectivity index (χ0v) is 18.2. The molecule has 1 aromatic carbocycles. The number of carbonyl (C=O) groups excluding carboxylic acids is 2. The van der Waals surface area contributed by atoms with Crippen molar-refractivity contribution in [3.8, 4) is 0 Å². The van der Waals surface area contributed by atoms with Crippen molar-refractivity contribution in [2.45, 2.75) is 43.9 Å². The predicted octanol–water partition coefficient (Wildman–Crippen LogP) is 0.135. The van der Waals surface area contributed by atoms with Crippen LogP contribution in [0.4, 0.5) is 0 Å². The van der Waals surface area contributed by atoms with Gasteiger partial charge in [0.2, 0.25) is 11.8 Å². The van der Waals surface area contributed by atoms with Crippen LogP contribution in [-0.2, 0) is 20.9 Å². The summed E-state index contributed by atoms with van der Waals surface area (Å²) in [6.07, 6.45) is 1.85. The fourth-order valence-electron chi connectivity index (χ4n) is 4.03. The van der Waals surface area contributed by atoms with Gasteiger partial charge in [-0.25, -0.2) is 0 Å². The number of amides is 2. The lowest BCUT2D eigenvalue weighted by molar-refractivity contribution is -0.129. The Morgan fingerprint density at radius 3 is 2.87 bits per heavy atom. The molecule has 0 bridgehead atoms. The molecule has 2 aliphatic heterocycles. The van der Waals surface area contributed by atoms with Crippen LogP contribution in [0.1, 0.15) is 24.8 Å². The van der Waals surface area contributed by atoms with E-state index in [1.54, 1.807) is 7.11 Å². The highest BCUT2D eigenvalue weighted by atomic mass is 32.1.